The maximum atomic E-state index is 10.5. The van der Waals surface area contributed by atoms with E-state index in [2.05, 4.69) is 0 Å². The van der Waals surface area contributed by atoms with Crippen molar-refractivity contribution < 1.29 is 4.79 Å². The van der Waals surface area contributed by atoms with Gasteiger partial charge in [0.25, 0.3) is 0 Å². The molecular formula is C11H11NO. The van der Waals surface area contributed by atoms with Gasteiger partial charge in [-0.25, -0.2) is 0 Å². The average Bonchev–Trinajstić information content (AvgIpc) is 2.21. The highest BCUT2D eigenvalue weighted by Gasteiger charge is 2.04. The highest BCUT2D eigenvalue weighted by atomic mass is 16.1. The summed E-state index contributed by atoms with van der Waals surface area (Å²) < 4.78 is 0. The first-order chi connectivity index (χ1) is 6.29. The maximum absolute atomic E-state index is 10.5. The Morgan fingerprint density at radius 1 is 1.31 bits per heavy atom. The average molecular weight is 173 g/mol. The van der Waals surface area contributed by atoms with Gasteiger partial charge in [0, 0.05) is 11.1 Å². The second-order valence-corrected chi connectivity index (χ2v) is 2.60. The lowest BCUT2D eigenvalue weighted by Crippen LogP contribution is -2.03. The van der Waals surface area contributed by atoms with Gasteiger partial charge in [0.05, 0.1) is 5.71 Å². The Bertz CT molecular complexity index is 338. The number of carbonyl (C=O) groups excluding carboxylic acids is 1. The van der Waals surface area contributed by atoms with Crippen LogP contribution in [0, 0.1) is 5.41 Å². The van der Waals surface area contributed by atoms with Gasteiger partial charge in [0.1, 0.15) is 0 Å². The largest absolute Gasteiger partial charge is 0.300 e. The van der Waals surface area contributed by atoms with Crippen molar-refractivity contribution >= 4 is 12.0 Å². The zero-order valence-corrected chi connectivity index (χ0v) is 7.45. The van der Waals surface area contributed by atoms with Crippen molar-refractivity contribution in [1.29, 1.82) is 5.41 Å². The van der Waals surface area contributed by atoms with Gasteiger partial charge in [0.15, 0.2) is 6.29 Å². The summed E-state index contributed by atoms with van der Waals surface area (Å²) in [6, 6.07) is 9.21. The van der Waals surface area contributed by atoms with E-state index in [0.29, 0.717) is 11.9 Å². The minimum Gasteiger partial charge on any atom is -0.300 e. The molecule has 0 unspecified atom stereocenters. The van der Waals surface area contributed by atoms with Crippen LogP contribution in [0.15, 0.2) is 42.0 Å². The molecule has 2 nitrogen and oxygen atoms in total. The Labute approximate surface area is 77.4 Å². The predicted octanol–water partition coefficient (Wildman–Crippen LogP) is 2.20. The number of benzene rings is 1. The number of allylic oxidation sites excluding steroid dienone is 2. The Morgan fingerprint density at radius 3 is 2.38 bits per heavy atom. The van der Waals surface area contributed by atoms with Crippen LogP contribution in [-0.4, -0.2) is 12.0 Å². The molecule has 0 spiro atoms. The molecule has 0 saturated heterocycles. The van der Waals surface area contributed by atoms with Gasteiger partial charge in [-0.2, -0.15) is 0 Å². The van der Waals surface area contributed by atoms with Crippen LogP contribution in [0.2, 0.25) is 0 Å². The fraction of sp³-hybridized carbons (Fsp3) is 0.0909. The van der Waals surface area contributed by atoms with E-state index in [0.717, 1.165) is 5.56 Å². The van der Waals surface area contributed by atoms with Crippen LogP contribution in [0.25, 0.3) is 0 Å². The van der Waals surface area contributed by atoms with Crippen molar-refractivity contribution in [3.05, 3.63) is 47.5 Å². The molecule has 1 aromatic carbocycles. The molecule has 66 valence electrons. The third-order valence-electron chi connectivity index (χ3n) is 1.79. The summed E-state index contributed by atoms with van der Waals surface area (Å²) in [7, 11) is 0. The quantitative estimate of drug-likeness (QED) is 0.425. The van der Waals surface area contributed by atoms with Crippen LogP contribution >= 0.6 is 0 Å². The fourth-order valence-corrected chi connectivity index (χ4v) is 1.04. The van der Waals surface area contributed by atoms with Crippen LogP contribution in [0.1, 0.15) is 12.5 Å². The summed E-state index contributed by atoms with van der Waals surface area (Å²) in [6.45, 7) is 1.75. The first kappa shape index (κ1) is 9.39. The van der Waals surface area contributed by atoms with E-state index >= 15 is 0 Å². The van der Waals surface area contributed by atoms with Gasteiger partial charge < -0.3 is 0 Å². The van der Waals surface area contributed by atoms with Crippen molar-refractivity contribution in [2.75, 3.05) is 0 Å². The second kappa shape index (κ2) is 4.36. The molecule has 1 N–H and O–H groups in total. The zero-order valence-electron chi connectivity index (χ0n) is 7.45. The number of aldehydes is 1. The molecule has 0 amide bonds. The van der Waals surface area contributed by atoms with E-state index in [1.165, 1.54) is 0 Å². The minimum atomic E-state index is 0.276. The van der Waals surface area contributed by atoms with Crippen molar-refractivity contribution in [2.45, 2.75) is 6.92 Å². The van der Waals surface area contributed by atoms with Crippen LogP contribution < -0.4 is 0 Å². The molecule has 0 aliphatic heterocycles. The molecule has 1 rings (SSSR count). The summed E-state index contributed by atoms with van der Waals surface area (Å²) in [5.41, 5.74) is 1.46. The SMILES string of the molecule is C/C=C(/C=O)C(=N)c1ccccc1. The molecule has 0 aromatic heterocycles. The normalized spacial score (nSPS) is 11.0. The molecule has 0 saturated carbocycles. The lowest BCUT2D eigenvalue weighted by atomic mass is 10.0. The molecular weight excluding hydrogens is 162 g/mol. The van der Waals surface area contributed by atoms with Crippen molar-refractivity contribution in [1.82, 2.24) is 0 Å². The highest BCUT2D eigenvalue weighted by molar-refractivity contribution is 6.21. The van der Waals surface area contributed by atoms with E-state index in [9.17, 15) is 4.79 Å². The molecule has 13 heavy (non-hydrogen) atoms. The van der Waals surface area contributed by atoms with Crippen molar-refractivity contribution in [2.24, 2.45) is 0 Å². The van der Waals surface area contributed by atoms with Gasteiger partial charge in [0.2, 0.25) is 0 Å². The predicted molar refractivity (Wildman–Crippen MR) is 53.1 cm³/mol. The molecule has 1 aromatic rings. The van der Waals surface area contributed by atoms with Gasteiger partial charge in [-0.1, -0.05) is 36.4 Å². The third kappa shape index (κ3) is 2.12. The molecule has 0 aliphatic rings. The maximum Gasteiger partial charge on any atom is 0.151 e. The van der Waals surface area contributed by atoms with Crippen LogP contribution in [0.4, 0.5) is 0 Å². The molecule has 0 radical (unpaired) electrons. The Kier molecular flexibility index (Phi) is 3.15. The van der Waals surface area contributed by atoms with Gasteiger partial charge in [-0.05, 0) is 6.92 Å². The Hall–Kier alpha value is -1.70. The highest BCUT2D eigenvalue weighted by Crippen LogP contribution is 2.05. The molecule has 0 fully saturated rings. The van der Waals surface area contributed by atoms with Gasteiger partial charge >= 0.3 is 0 Å². The number of nitrogens with one attached hydrogen (secondary N) is 1. The Balaban J connectivity index is 2.98. The summed E-state index contributed by atoms with van der Waals surface area (Å²) in [6.07, 6.45) is 2.34. The summed E-state index contributed by atoms with van der Waals surface area (Å²) in [5.74, 6) is 0. The van der Waals surface area contributed by atoms with Crippen LogP contribution in [0.3, 0.4) is 0 Å². The minimum absolute atomic E-state index is 0.276. The van der Waals surface area contributed by atoms with Gasteiger partial charge in [-0.3, -0.25) is 10.2 Å². The first-order valence-corrected chi connectivity index (χ1v) is 4.05. The molecule has 2 heteroatoms. The third-order valence-corrected chi connectivity index (χ3v) is 1.79. The fourth-order valence-electron chi connectivity index (χ4n) is 1.04. The summed E-state index contributed by atoms with van der Waals surface area (Å²) >= 11 is 0. The first-order valence-electron chi connectivity index (χ1n) is 4.05. The molecule has 0 aliphatic carbocycles. The lowest BCUT2D eigenvalue weighted by Gasteiger charge is -2.01. The van der Waals surface area contributed by atoms with Gasteiger partial charge in [-0.15, -0.1) is 0 Å². The van der Waals surface area contributed by atoms with E-state index in [1.54, 1.807) is 13.0 Å². The molecule has 0 atom stereocenters. The van der Waals surface area contributed by atoms with Crippen molar-refractivity contribution in [3.63, 3.8) is 0 Å². The van der Waals surface area contributed by atoms with E-state index in [1.807, 2.05) is 30.3 Å². The Morgan fingerprint density at radius 2 is 1.92 bits per heavy atom. The van der Waals surface area contributed by atoms with E-state index in [-0.39, 0.29) is 5.71 Å². The van der Waals surface area contributed by atoms with Crippen LogP contribution in [0.5, 0.6) is 0 Å². The number of hydrogen-bond acceptors (Lipinski definition) is 2. The molecule has 0 bridgehead atoms. The van der Waals surface area contributed by atoms with Crippen LogP contribution in [-0.2, 0) is 4.79 Å². The van der Waals surface area contributed by atoms with Crippen molar-refractivity contribution in [3.8, 4) is 0 Å². The summed E-state index contributed by atoms with van der Waals surface area (Å²) in [5, 5.41) is 7.69. The number of hydrogen-bond donors (Lipinski definition) is 1. The number of carbonyl (C=O) groups is 1. The zero-order chi connectivity index (χ0) is 9.68. The van der Waals surface area contributed by atoms with E-state index in [4.69, 9.17) is 5.41 Å². The topological polar surface area (TPSA) is 40.9 Å². The molecule has 0 heterocycles. The monoisotopic (exact) mass is 173 g/mol. The lowest BCUT2D eigenvalue weighted by molar-refractivity contribution is -0.104. The standard InChI is InChI=1S/C11H11NO/c1-2-9(8-13)11(12)10-6-4-3-5-7-10/h2-8,12H,1H3/b9-2-,12-11?. The second-order valence-electron chi connectivity index (χ2n) is 2.60. The summed E-state index contributed by atoms with van der Waals surface area (Å²) in [4.78, 5) is 10.5. The smallest absolute Gasteiger partial charge is 0.151 e. The van der Waals surface area contributed by atoms with E-state index < -0.39 is 0 Å². The number of rotatable bonds is 3.